The maximum atomic E-state index is 12.2. The largest absolute Gasteiger partial charge is 0.339 e. The first-order chi connectivity index (χ1) is 8.48. The van der Waals surface area contributed by atoms with Crippen LogP contribution in [-0.4, -0.2) is 62.3 Å². The number of rotatable bonds is 2. The molecule has 0 aliphatic carbocycles. The molecule has 0 radical (unpaired) electrons. The van der Waals surface area contributed by atoms with Crippen LogP contribution in [0.4, 0.5) is 0 Å². The highest BCUT2D eigenvalue weighted by Crippen LogP contribution is 2.12. The van der Waals surface area contributed by atoms with Crippen LogP contribution in [0.15, 0.2) is 0 Å². The molecule has 1 atom stereocenters. The highest BCUT2D eigenvalue weighted by molar-refractivity contribution is 7.86. The molecule has 0 saturated carbocycles. The summed E-state index contributed by atoms with van der Waals surface area (Å²) in [5, 5.41) is 8.27. The normalized spacial score (nSPS) is 27.2. The topological polar surface area (TPSA) is 95.7 Å². The highest BCUT2D eigenvalue weighted by Gasteiger charge is 2.30. The van der Waals surface area contributed by atoms with E-state index in [1.807, 2.05) is 0 Å². The van der Waals surface area contributed by atoms with E-state index in [2.05, 4.69) is 5.32 Å². The zero-order valence-electron chi connectivity index (χ0n) is 10.3. The van der Waals surface area contributed by atoms with Crippen molar-refractivity contribution in [3.05, 3.63) is 0 Å². The summed E-state index contributed by atoms with van der Waals surface area (Å²) in [7, 11) is -3.62. The number of amides is 1. The molecule has 2 fully saturated rings. The SMILES string of the molecule is NS(=O)(=O)N1CCN(C(=O)[C@H]2CCCCN2)CC1. The highest BCUT2D eigenvalue weighted by atomic mass is 32.2. The van der Waals surface area contributed by atoms with E-state index in [9.17, 15) is 13.2 Å². The van der Waals surface area contributed by atoms with E-state index in [0.717, 1.165) is 25.8 Å². The minimum Gasteiger partial charge on any atom is -0.339 e. The Morgan fingerprint density at radius 2 is 1.83 bits per heavy atom. The van der Waals surface area contributed by atoms with Gasteiger partial charge in [0.2, 0.25) is 5.91 Å². The minimum atomic E-state index is -3.62. The molecule has 8 heteroatoms. The van der Waals surface area contributed by atoms with Crippen molar-refractivity contribution in [1.82, 2.24) is 14.5 Å². The molecule has 2 heterocycles. The summed E-state index contributed by atoms with van der Waals surface area (Å²) in [5.41, 5.74) is 0. The molecule has 18 heavy (non-hydrogen) atoms. The van der Waals surface area contributed by atoms with Gasteiger partial charge in [-0.1, -0.05) is 6.42 Å². The van der Waals surface area contributed by atoms with E-state index in [-0.39, 0.29) is 25.0 Å². The van der Waals surface area contributed by atoms with Crippen molar-refractivity contribution in [2.75, 3.05) is 32.7 Å². The van der Waals surface area contributed by atoms with Crippen LogP contribution < -0.4 is 10.5 Å². The number of piperazine rings is 1. The molecule has 0 unspecified atom stereocenters. The van der Waals surface area contributed by atoms with Crippen LogP contribution >= 0.6 is 0 Å². The molecule has 0 bridgehead atoms. The number of nitrogens with one attached hydrogen (secondary N) is 1. The van der Waals surface area contributed by atoms with Crippen LogP contribution in [0.1, 0.15) is 19.3 Å². The lowest BCUT2D eigenvalue weighted by Gasteiger charge is -2.36. The first-order valence-corrected chi connectivity index (χ1v) is 7.79. The summed E-state index contributed by atoms with van der Waals surface area (Å²) < 4.78 is 23.5. The first kappa shape index (κ1) is 13.7. The second-order valence-electron chi connectivity index (χ2n) is 4.77. The van der Waals surface area contributed by atoms with Crippen LogP contribution in [-0.2, 0) is 15.0 Å². The van der Waals surface area contributed by atoms with Gasteiger partial charge in [-0.2, -0.15) is 12.7 Å². The molecular formula is C10H20N4O3S. The third-order valence-electron chi connectivity index (χ3n) is 3.52. The molecule has 0 aromatic rings. The van der Waals surface area contributed by atoms with Crippen molar-refractivity contribution in [3.63, 3.8) is 0 Å². The average molecular weight is 276 g/mol. The number of hydrogen-bond donors (Lipinski definition) is 2. The molecule has 2 aliphatic rings. The summed E-state index contributed by atoms with van der Waals surface area (Å²) >= 11 is 0. The van der Waals surface area contributed by atoms with Gasteiger partial charge in [0, 0.05) is 26.2 Å². The summed E-state index contributed by atoms with van der Waals surface area (Å²) in [6.07, 6.45) is 3.05. The molecule has 1 amide bonds. The number of carbonyl (C=O) groups is 1. The van der Waals surface area contributed by atoms with Gasteiger partial charge in [-0.3, -0.25) is 4.79 Å². The third-order valence-corrected chi connectivity index (χ3v) is 4.60. The Balaban J connectivity index is 1.87. The van der Waals surface area contributed by atoms with Crippen molar-refractivity contribution < 1.29 is 13.2 Å². The Morgan fingerprint density at radius 3 is 2.33 bits per heavy atom. The maximum Gasteiger partial charge on any atom is 0.277 e. The maximum absolute atomic E-state index is 12.2. The van der Waals surface area contributed by atoms with Gasteiger partial charge in [0.05, 0.1) is 6.04 Å². The monoisotopic (exact) mass is 276 g/mol. The van der Waals surface area contributed by atoms with Crippen LogP contribution in [0.3, 0.4) is 0 Å². The van der Waals surface area contributed by atoms with Gasteiger partial charge in [-0.05, 0) is 19.4 Å². The summed E-state index contributed by atoms with van der Waals surface area (Å²) in [5.74, 6) is 0.0868. The zero-order chi connectivity index (χ0) is 13.2. The van der Waals surface area contributed by atoms with Crippen LogP contribution in [0.25, 0.3) is 0 Å². The second-order valence-corrected chi connectivity index (χ2v) is 6.32. The number of nitrogens with two attached hydrogens (primary N) is 1. The van der Waals surface area contributed by atoms with E-state index < -0.39 is 10.2 Å². The van der Waals surface area contributed by atoms with Crippen molar-refractivity contribution in [2.24, 2.45) is 5.14 Å². The first-order valence-electron chi connectivity index (χ1n) is 6.28. The molecule has 0 aromatic carbocycles. The number of carbonyl (C=O) groups excluding carboxylic acids is 1. The molecule has 2 rings (SSSR count). The average Bonchev–Trinajstić information content (AvgIpc) is 2.38. The van der Waals surface area contributed by atoms with Gasteiger partial charge < -0.3 is 10.2 Å². The Kier molecular flexibility index (Phi) is 4.21. The summed E-state index contributed by atoms with van der Waals surface area (Å²) in [4.78, 5) is 13.9. The van der Waals surface area contributed by atoms with Crippen LogP contribution in [0, 0.1) is 0 Å². The molecule has 7 nitrogen and oxygen atoms in total. The molecule has 3 N–H and O–H groups in total. The molecule has 2 aliphatic heterocycles. The predicted octanol–water partition coefficient (Wildman–Crippen LogP) is -1.52. The zero-order valence-corrected chi connectivity index (χ0v) is 11.2. The quantitative estimate of drug-likeness (QED) is 0.640. The fourth-order valence-corrected chi connectivity index (χ4v) is 3.12. The van der Waals surface area contributed by atoms with E-state index in [4.69, 9.17) is 5.14 Å². The number of piperidine rings is 1. The molecular weight excluding hydrogens is 256 g/mol. The summed E-state index contributed by atoms with van der Waals surface area (Å²) in [6.45, 7) is 2.31. The lowest BCUT2D eigenvalue weighted by atomic mass is 10.0. The van der Waals surface area contributed by atoms with Gasteiger partial charge in [0.1, 0.15) is 0 Å². The molecule has 2 saturated heterocycles. The molecule has 104 valence electrons. The van der Waals surface area contributed by atoms with Crippen LogP contribution in [0.5, 0.6) is 0 Å². The second kappa shape index (κ2) is 5.52. The van der Waals surface area contributed by atoms with Gasteiger partial charge >= 0.3 is 0 Å². The Hall–Kier alpha value is -0.700. The van der Waals surface area contributed by atoms with Crippen molar-refractivity contribution >= 4 is 16.1 Å². The Labute approximate surface area is 107 Å². The van der Waals surface area contributed by atoms with Gasteiger partial charge in [0.25, 0.3) is 10.2 Å². The predicted molar refractivity (Wildman–Crippen MR) is 66.9 cm³/mol. The third kappa shape index (κ3) is 3.19. The minimum absolute atomic E-state index is 0.0868. The van der Waals surface area contributed by atoms with Gasteiger partial charge in [-0.15, -0.1) is 0 Å². The van der Waals surface area contributed by atoms with E-state index in [0.29, 0.717) is 13.1 Å². The van der Waals surface area contributed by atoms with E-state index in [1.165, 1.54) is 4.31 Å². The summed E-state index contributed by atoms with van der Waals surface area (Å²) in [6, 6.07) is -0.0974. The van der Waals surface area contributed by atoms with E-state index in [1.54, 1.807) is 4.90 Å². The lowest BCUT2D eigenvalue weighted by molar-refractivity contribution is -0.135. The van der Waals surface area contributed by atoms with Crippen molar-refractivity contribution in [3.8, 4) is 0 Å². The number of nitrogens with zero attached hydrogens (tertiary/aromatic N) is 2. The van der Waals surface area contributed by atoms with E-state index >= 15 is 0 Å². The molecule has 0 aromatic heterocycles. The van der Waals surface area contributed by atoms with Gasteiger partial charge in [0.15, 0.2) is 0 Å². The lowest BCUT2D eigenvalue weighted by Crippen LogP contribution is -2.56. The molecule has 0 spiro atoms. The fourth-order valence-electron chi connectivity index (χ4n) is 2.45. The number of hydrogen-bond acceptors (Lipinski definition) is 4. The van der Waals surface area contributed by atoms with Crippen molar-refractivity contribution in [2.45, 2.75) is 25.3 Å². The van der Waals surface area contributed by atoms with Crippen molar-refractivity contribution in [1.29, 1.82) is 0 Å². The Morgan fingerprint density at radius 1 is 1.17 bits per heavy atom. The van der Waals surface area contributed by atoms with Gasteiger partial charge in [-0.25, -0.2) is 5.14 Å². The Bertz CT molecular complexity index is 397. The standard InChI is InChI=1S/C10H20N4O3S/c11-18(16,17)14-7-5-13(6-8-14)10(15)9-3-1-2-4-12-9/h9,12H,1-8H2,(H2,11,16,17)/t9-/m1/s1. The van der Waals surface area contributed by atoms with Crippen LogP contribution in [0.2, 0.25) is 0 Å². The fraction of sp³-hybridized carbons (Fsp3) is 0.900. The smallest absolute Gasteiger partial charge is 0.277 e.